The summed E-state index contributed by atoms with van der Waals surface area (Å²) in [6, 6.07) is 8.90. The first-order chi connectivity index (χ1) is 10.2. The van der Waals surface area contributed by atoms with E-state index < -0.39 is 0 Å². The van der Waals surface area contributed by atoms with Gasteiger partial charge in [0.2, 0.25) is 0 Å². The number of carbonyl (C=O) groups is 1. The summed E-state index contributed by atoms with van der Waals surface area (Å²) in [4.78, 5) is 15.5. The van der Waals surface area contributed by atoms with Crippen molar-refractivity contribution in [1.82, 2.24) is 15.2 Å². The van der Waals surface area contributed by atoms with Crippen molar-refractivity contribution < 1.29 is 9.53 Å². The lowest BCUT2D eigenvalue weighted by Gasteiger charge is -2.07. The van der Waals surface area contributed by atoms with Crippen molar-refractivity contribution in [3.63, 3.8) is 0 Å². The molecule has 0 fully saturated rings. The molecule has 0 aliphatic carbocycles. The highest BCUT2D eigenvalue weighted by molar-refractivity contribution is 5.94. The first-order valence-electron chi connectivity index (χ1n) is 6.80. The Hall–Kier alpha value is -2.69. The van der Waals surface area contributed by atoms with Gasteiger partial charge in [-0.15, -0.1) is 0 Å². The number of rotatable bonds is 4. The summed E-state index contributed by atoms with van der Waals surface area (Å²) in [7, 11) is 0. The zero-order chi connectivity index (χ0) is 14.8. The molecule has 0 saturated carbocycles. The van der Waals surface area contributed by atoms with Gasteiger partial charge in [0, 0.05) is 17.5 Å². The monoisotopic (exact) mass is 281 g/mol. The third kappa shape index (κ3) is 2.50. The highest BCUT2D eigenvalue weighted by Crippen LogP contribution is 2.30. The molecular weight excluding hydrogens is 266 g/mol. The van der Waals surface area contributed by atoms with Crippen LogP contribution in [0, 0.1) is 0 Å². The molecular formula is C16H15N3O2. The molecule has 0 saturated heterocycles. The zero-order valence-corrected chi connectivity index (χ0v) is 11.9. The Bertz CT molecular complexity index is 791. The number of ketones is 1. The second-order valence-corrected chi connectivity index (χ2v) is 4.75. The van der Waals surface area contributed by atoms with Crippen molar-refractivity contribution in [3.8, 4) is 11.5 Å². The van der Waals surface area contributed by atoms with Crippen LogP contribution in [0.4, 0.5) is 0 Å². The summed E-state index contributed by atoms with van der Waals surface area (Å²) < 4.78 is 5.92. The number of benzene rings is 1. The predicted octanol–water partition coefficient (Wildman–Crippen LogP) is 3.52. The van der Waals surface area contributed by atoms with Crippen molar-refractivity contribution in [2.45, 2.75) is 20.3 Å². The molecule has 0 aliphatic heterocycles. The summed E-state index contributed by atoms with van der Waals surface area (Å²) in [6.07, 6.45) is 2.49. The van der Waals surface area contributed by atoms with Gasteiger partial charge < -0.3 is 4.74 Å². The molecule has 0 amide bonds. The molecule has 5 heteroatoms. The topological polar surface area (TPSA) is 67.9 Å². The number of hydrogen-bond acceptors (Lipinski definition) is 4. The van der Waals surface area contributed by atoms with Gasteiger partial charge >= 0.3 is 0 Å². The maximum atomic E-state index is 11.3. The highest BCUT2D eigenvalue weighted by atomic mass is 16.5. The summed E-state index contributed by atoms with van der Waals surface area (Å²) in [6.45, 7) is 3.59. The third-order valence-electron chi connectivity index (χ3n) is 3.33. The quantitative estimate of drug-likeness (QED) is 0.743. The fourth-order valence-electron chi connectivity index (χ4n) is 2.20. The molecule has 5 nitrogen and oxygen atoms in total. The van der Waals surface area contributed by atoms with Crippen molar-refractivity contribution in [2.24, 2.45) is 0 Å². The van der Waals surface area contributed by atoms with E-state index in [1.54, 1.807) is 37.4 Å². The maximum absolute atomic E-state index is 11.3. The molecule has 3 aromatic rings. The van der Waals surface area contributed by atoms with E-state index in [2.05, 4.69) is 15.2 Å². The second-order valence-electron chi connectivity index (χ2n) is 4.75. The van der Waals surface area contributed by atoms with Crippen molar-refractivity contribution in [3.05, 3.63) is 47.8 Å². The van der Waals surface area contributed by atoms with E-state index in [1.807, 2.05) is 13.0 Å². The molecule has 2 heterocycles. The van der Waals surface area contributed by atoms with Gasteiger partial charge in [0.15, 0.2) is 11.4 Å². The van der Waals surface area contributed by atoms with Crippen LogP contribution in [0.2, 0.25) is 0 Å². The van der Waals surface area contributed by atoms with Gasteiger partial charge in [-0.05, 0) is 43.7 Å². The van der Waals surface area contributed by atoms with Gasteiger partial charge in [-0.1, -0.05) is 6.92 Å². The summed E-state index contributed by atoms with van der Waals surface area (Å²) in [5.41, 5.74) is 2.30. The van der Waals surface area contributed by atoms with E-state index in [0.717, 1.165) is 17.5 Å². The molecule has 21 heavy (non-hydrogen) atoms. The fraction of sp³-hybridized carbons (Fsp3) is 0.188. The van der Waals surface area contributed by atoms with E-state index in [4.69, 9.17) is 4.74 Å². The van der Waals surface area contributed by atoms with Crippen molar-refractivity contribution in [2.75, 3.05) is 0 Å². The van der Waals surface area contributed by atoms with E-state index in [0.29, 0.717) is 22.7 Å². The number of nitrogens with zero attached hydrogens (tertiary/aromatic N) is 2. The van der Waals surface area contributed by atoms with Crippen LogP contribution in [0.5, 0.6) is 11.5 Å². The van der Waals surface area contributed by atoms with Crippen LogP contribution in [0.3, 0.4) is 0 Å². The Balaban J connectivity index is 1.97. The lowest BCUT2D eigenvalue weighted by Crippen LogP contribution is -1.92. The van der Waals surface area contributed by atoms with Crippen LogP contribution >= 0.6 is 0 Å². The number of aryl methyl sites for hydroxylation is 1. The number of ether oxygens (including phenoxy) is 1. The van der Waals surface area contributed by atoms with Crippen LogP contribution in [-0.4, -0.2) is 21.0 Å². The van der Waals surface area contributed by atoms with Gasteiger partial charge in [-0.25, -0.2) is 4.98 Å². The molecule has 0 atom stereocenters. The third-order valence-corrected chi connectivity index (χ3v) is 3.33. The maximum Gasteiger partial charge on any atom is 0.184 e. The van der Waals surface area contributed by atoms with E-state index in [-0.39, 0.29) is 5.78 Å². The second kappa shape index (κ2) is 5.36. The molecule has 106 valence electrons. The number of Topliss-reactive ketones (excluding diaryl/α,β-unsaturated/α-hetero) is 1. The Morgan fingerprint density at radius 2 is 2.00 bits per heavy atom. The molecule has 1 aromatic carbocycles. The standard InChI is InChI=1S/C16H15N3O2/c1-3-13-15-14(8-9-17-16(15)19-18-13)21-12-6-4-11(5-7-12)10(2)20/h4-9H,3H2,1-2H3,(H,17,18,19). The Morgan fingerprint density at radius 3 is 2.67 bits per heavy atom. The SMILES string of the molecule is CCc1[nH]nc2nccc(Oc3ccc(C(C)=O)cc3)c12. The molecule has 2 aromatic heterocycles. The first kappa shape index (κ1) is 13.3. The summed E-state index contributed by atoms with van der Waals surface area (Å²) >= 11 is 0. The minimum atomic E-state index is 0.0379. The molecule has 0 aliphatic rings. The predicted molar refractivity (Wildman–Crippen MR) is 79.8 cm³/mol. The first-order valence-corrected chi connectivity index (χ1v) is 6.80. The van der Waals surface area contributed by atoms with Gasteiger partial charge in [0.25, 0.3) is 0 Å². The molecule has 0 radical (unpaired) electrons. The van der Waals surface area contributed by atoms with E-state index in [9.17, 15) is 4.79 Å². The Kier molecular flexibility index (Phi) is 3.39. The molecule has 0 unspecified atom stereocenters. The average molecular weight is 281 g/mol. The van der Waals surface area contributed by atoms with Crippen LogP contribution in [0.25, 0.3) is 11.0 Å². The number of hydrogen-bond donors (Lipinski definition) is 1. The summed E-state index contributed by atoms with van der Waals surface area (Å²) in [5, 5.41) is 8.04. The van der Waals surface area contributed by atoms with Crippen LogP contribution < -0.4 is 4.74 Å². The Labute approximate surface area is 122 Å². The summed E-state index contributed by atoms with van der Waals surface area (Å²) in [5.74, 6) is 1.42. The minimum absolute atomic E-state index is 0.0379. The number of aromatic amines is 1. The van der Waals surface area contributed by atoms with Gasteiger partial charge in [0.1, 0.15) is 11.5 Å². The van der Waals surface area contributed by atoms with Crippen LogP contribution in [0.1, 0.15) is 29.9 Å². The van der Waals surface area contributed by atoms with Crippen molar-refractivity contribution in [1.29, 1.82) is 0 Å². The van der Waals surface area contributed by atoms with Gasteiger partial charge in [0.05, 0.1) is 5.39 Å². The number of pyridine rings is 1. The molecule has 1 N–H and O–H groups in total. The van der Waals surface area contributed by atoms with Gasteiger partial charge in [-0.2, -0.15) is 5.10 Å². The average Bonchev–Trinajstić information content (AvgIpc) is 2.92. The molecule has 3 rings (SSSR count). The van der Waals surface area contributed by atoms with E-state index in [1.165, 1.54) is 0 Å². The number of H-pyrrole nitrogens is 1. The normalized spacial score (nSPS) is 10.8. The largest absolute Gasteiger partial charge is 0.456 e. The Morgan fingerprint density at radius 1 is 1.24 bits per heavy atom. The van der Waals surface area contributed by atoms with Gasteiger partial charge in [-0.3, -0.25) is 9.89 Å². The van der Waals surface area contributed by atoms with E-state index >= 15 is 0 Å². The zero-order valence-electron chi connectivity index (χ0n) is 11.9. The van der Waals surface area contributed by atoms with Crippen molar-refractivity contribution >= 4 is 16.8 Å². The molecule has 0 bridgehead atoms. The minimum Gasteiger partial charge on any atom is -0.456 e. The van der Waals surface area contributed by atoms with Crippen LogP contribution in [-0.2, 0) is 6.42 Å². The smallest absolute Gasteiger partial charge is 0.184 e. The number of nitrogens with one attached hydrogen (secondary N) is 1. The fourth-order valence-corrected chi connectivity index (χ4v) is 2.20. The number of aromatic nitrogens is 3. The number of fused-ring (bicyclic) bond motifs is 1. The molecule has 0 spiro atoms. The lowest BCUT2D eigenvalue weighted by molar-refractivity contribution is 0.101. The van der Waals surface area contributed by atoms with Crippen LogP contribution in [0.15, 0.2) is 36.5 Å². The number of carbonyl (C=O) groups excluding carboxylic acids is 1. The lowest BCUT2D eigenvalue weighted by atomic mass is 10.1. The highest BCUT2D eigenvalue weighted by Gasteiger charge is 2.11.